The summed E-state index contributed by atoms with van der Waals surface area (Å²) >= 11 is 0. The molecule has 1 heterocycles. The molecule has 0 aromatic carbocycles. The Balaban J connectivity index is 1.59. The van der Waals surface area contributed by atoms with Crippen molar-refractivity contribution in [3.05, 3.63) is 0 Å². The van der Waals surface area contributed by atoms with E-state index in [0.717, 1.165) is 45.1 Å². The Morgan fingerprint density at radius 1 is 1.08 bits per heavy atom. The van der Waals surface area contributed by atoms with Crippen LogP contribution in [0.2, 0.25) is 18.1 Å². The summed E-state index contributed by atoms with van der Waals surface area (Å²) in [6, 6.07) is 0. The molecule has 1 saturated heterocycles. The fourth-order valence-corrected chi connectivity index (χ4v) is 4.31. The Labute approximate surface area is 160 Å². The van der Waals surface area contributed by atoms with Gasteiger partial charge < -0.3 is 18.6 Å². The molecule has 0 aromatic rings. The summed E-state index contributed by atoms with van der Waals surface area (Å²) in [5.74, 6) is 0.630. The number of esters is 1. The lowest BCUT2D eigenvalue weighted by molar-refractivity contribution is -0.150. The topological polar surface area (TPSA) is 54.0 Å². The van der Waals surface area contributed by atoms with Crippen molar-refractivity contribution in [2.75, 3.05) is 26.4 Å². The van der Waals surface area contributed by atoms with Crippen LogP contribution in [0.5, 0.6) is 0 Å². The highest BCUT2D eigenvalue weighted by molar-refractivity contribution is 6.74. The fourth-order valence-electron chi connectivity index (χ4n) is 3.22. The molecule has 152 valence electrons. The molecule has 2 rings (SSSR count). The van der Waals surface area contributed by atoms with Crippen molar-refractivity contribution in [1.29, 1.82) is 0 Å². The maximum atomic E-state index is 12.2. The first-order chi connectivity index (χ1) is 12.2. The standard InChI is InChI=1S/C20H38O5Si/c1-20(2,3)26(4,5)25-15-16-8-10-17(11-9-16)19(21)24-12-6-7-18-22-13-14-23-18/h16-18H,6-15H2,1-5H3. The molecule has 2 aliphatic rings. The van der Waals surface area contributed by atoms with E-state index in [9.17, 15) is 4.79 Å². The van der Waals surface area contributed by atoms with Gasteiger partial charge in [0.1, 0.15) is 0 Å². The average molecular weight is 387 g/mol. The van der Waals surface area contributed by atoms with E-state index in [0.29, 0.717) is 25.7 Å². The maximum absolute atomic E-state index is 12.2. The van der Waals surface area contributed by atoms with Crippen LogP contribution >= 0.6 is 0 Å². The third-order valence-corrected chi connectivity index (χ3v) is 10.7. The second-order valence-electron chi connectivity index (χ2n) is 9.27. The summed E-state index contributed by atoms with van der Waals surface area (Å²) < 4.78 is 22.6. The normalized spacial score (nSPS) is 25.4. The van der Waals surface area contributed by atoms with Gasteiger partial charge in [0, 0.05) is 13.0 Å². The van der Waals surface area contributed by atoms with Crippen LogP contribution in [0.4, 0.5) is 0 Å². The maximum Gasteiger partial charge on any atom is 0.308 e. The van der Waals surface area contributed by atoms with Gasteiger partial charge in [-0.15, -0.1) is 0 Å². The van der Waals surface area contributed by atoms with Crippen LogP contribution < -0.4 is 0 Å². The van der Waals surface area contributed by atoms with Gasteiger partial charge in [0.15, 0.2) is 14.6 Å². The van der Waals surface area contributed by atoms with Crippen LogP contribution in [0.1, 0.15) is 59.3 Å². The van der Waals surface area contributed by atoms with E-state index in [4.69, 9.17) is 18.6 Å². The van der Waals surface area contributed by atoms with Crippen molar-refractivity contribution in [2.45, 2.75) is 83.7 Å². The highest BCUT2D eigenvalue weighted by Crippen LogP contribution is 2.38. The third-order valence-electron chi connectivity index (χ3n) is 6.19. The summed E-state index contributed by atoms with van der Waals surface area (Å²) in [4.78, 5) is 12.2. The molecular formula is C20H38O5Si. The number of carbonyl (C=O) groups is 1. The minimum absolute atomic E-state index is 0.0259. The van der Waals surface area contributed by atoms with Crippen molar-refractivity contribution in [2.24, 2.45) is 11.8 Å². The van der Waals surface area contributed by atoms with Gasteiger partial charge in [0.25, 0.3) is 0 Å². The average Bonchev–Trinajstić information content (AvgIpc) is 3.09. The van der Waals surface area contributed by atoms with E-state index in [1.807, 2.05) is 0 Å². The predicted octanol–water partition coefficient (Wildman–Crippen LogP) is 4.51. The van der Waals surface area contributed by atoms with Crippen molar-refractivity contribution >= 4 is 14.3 Å². The summed E-state index contributed by atoms with van der Waals surface area (Å²) in [6.07, 6.45) is 5.48. The molecular weight excluding hydrogens is 348 g/mol. The van der Waals surface area contributed by atoms with E-state index in [1.54, 1.807) is 0 Å². The lowest BCUT2D eigenvalue weighted by Gasteiger charge is -2.38. The molecule has 2 fully saturated rings. The lowest BCUT2D eigenvalue weighted by Crippen LogP contribution is -2.42. The largest absolute Gasteiger partial charge is 0.465 e. The molecule has 1 saturated carbocycles. The first-order valence-corrected chi connectivity index (χ1v) is 13.1. The van der Waals surface area contributed by atoms with Crippen LogP contribution in [0.3, 0.4) is 0 Å². The van der Waals surface area contributed by atoms with Gasteiger partial charge in [-0.2, -0.15) is 0 Å². The van der Waals surface area contributed by atoms with Gasteiger partial charge in [-0.25, -0.2) is 0 Å². The molecule has 1 aliphatic heterocycles. The van der Waals surface area contributed by atoms with Gasteiger partial charge in [-0.05, 0) is 56.2 Å². The molecule has 0 spiro atoms. The van der Waals surface area contributed by atoms with E-state index >= 15 is 0 Å². The SMILES string of the molecule is CC(C)(C)[Si](C)(C)OCC1CCC(C(=O)OCCCC2OCCO2)CC1. The molecule has 0 unspecified atom stereocenters. The molecule has 0 radical (unpaired) electrons. The smallest absolute Gasteiger partial charge is 0.308 e. The zero-order valence-corrected chi connectivity index (χ0v) is 18.3. The number of carbonyl (C=O) groups excluding carboxylic acids is 1. The summed E-state index contributed by atoms with van der Waals surface area (Å²) in [5.41, 5.74) is 0. The number of rotatable bonds is 8. The van der Waals surface area contributed by atoms with Crippen molar-refractivity contribution in [1.82, 2.24) is 0 Å². The van der Waals surface area contributed by atoms with Gasteiger partial charge in [0.2, 0.25) is 0 Å². The second kappa shape index (κ2) is 9.67. The van der Waals surface area contributed by atoms with E-state index in [-0.39, 0.29) is 23.2 Å². The molecule has 0 aromatic heterocycles. The molecule has 0 N–H and O–H groups in total. The predicted molar refractivity (Wildman–Crippen MR) is 104 cm³/mol. The van der Waals surface area contributed by atoms with Crippen molar-refractivity contribution in [3.63, 3.8) is 0 Å². The van der Waals surface area contributed by atoms with Crippen LogP contribution in [-0.2, 0) is 23.4 Å². The van der Waals surface area contributed by atoms with Crippen LogP contribution in [0.15, 0.2) is 0 Å². The molecule has 0 atom stereocenters. The number of hydrogen-bond acceptors (Lipinski definition) is 5. The van der Waals surface area contributed by atoms with Gasteiger partial charge >= 0.3 is 5.97 Å². The zero-order valence-electron chi connectivity index (χ0n) is 17.3. The highest BCUT2D eigenvalue weighted by atomic mass is 28.4. The fraction of sp³-hybridized carbons (Fsp3) is 0.950. The molecule has 0 amide bonds. The van der Waals surface area contributed by atoms with Gasteiger partial charge in [0.05, 0.1) is 25.7 Å². The van der Waals surface area contributed by atoms with E-state index < -0.39 is 8.32 Å². The Hall–Kier alpha value is -0.433. The van der Waals surface area contributed by atoms with Crippen molar-refractivity contribution in [3.8, 4) is 0 Å². The molecule has 6 heteroatoms. The highest BCUT2D eigenvalue weighted by Gasteiger charge is 2.38. The monoisotopic (exact) mass is 386 g/mol. The van der Waals surface area contributed by atoms with Crippen LogP contribution in [-0.4, -0.2) is 47.0 Å². The quantitative estimate of drug-likeness (QED) is 0.349. The van der Waals surface area contributed by atoms with Crippen LogP contribution in [0.25, 0.3) is 0 Å². The Kier molecular flexibility index (Phi) is 8.13. The third kappa shape index (κ3) is 6.62. The number of ether oxygens (including phenoxy) is 3. The summed E-state index contributed by atoms with van der Waals surface area (Å²) in [6.45, 7) is 14.1. The molecule has 5 nitrogen and oxygen atoms in total. The lowest BCUT2D eigenvalue weighted by atomic mass is 9.82. The zero-order chi connectivity index (χ0) is 19.2. The minimum Gasteiger partial charge on any atom is -0.465 e. The van der Waals surface area contributed by atoms with E-state index in [1.165, 1.54) is 0 Å². The van der Waals surface area contributed by atoms with Crippen molar-refractivity contribution < 1.29 is 23.4 Å². The number of hydrogen-bond donors (Lipinski definition) is 0. The van der Waals surface area contributed by atoms with Crippen LogP contribution in [0, 0.1) is 11.8 Å². The Morgan fingerprint density at radius 2 is 1.69 bits per heavy atom. The first kappa shape index (κ1) is 21.9. The van der Waals surface area contributed by atoms with Gasteiger partial charge in [-0.3, -0.25) is 4.79 Å². The molecule has 26 heavy (non-hydrogen) atoms. The van der Waals surface area contributed by atoms with E-state index in [2.05, 4.69) is 33.9 Å². The summed E-state index contributed by atoms with van der Waals surface area (Å²) in [7, 11) is -1.67. The second-order valence-corrected chi connectivity index (χ2v) is 14.1. The Bertz CT molecular complexity index is 432. The Morgan fingerprint density at radius 3 is 2.27 bits per heavy atom. The molecule has 1 aliphatic carbocycles. The minimum atomic E-state index is -1.67. The van der Waals surface area contributed by atoms with Gasteiger partial charge in [-0.1, -0.05) is 20.8 Å². The molecule has 0 bridgehead atoms. The first-order valence-electron chi connectivity index (χ1n) is 10.2. The summed E-state index contributed by atoms with van der Waals surface area (Å²) in [5, 5.41) is 0.253.